The fraction of sp³-hybridized carbons (Fsp3) is 0.238. The number of benzene rings is 1. The summed E-state index contributed by atoms with van der Waals surface area (Å²) in [4.78, 5) is 4.89. The lowest BCUT2D eigenvalue weighted by Gasteiger charge is -2.23. The van der Waals surface area contributed by atoms with E-state index >= 15 is 0 Å². The van der Waals surface area contributed by atoms with Crippen molar-refractivity contribution in [1.29, 1.82) is 0 Å². The molecule has 4 aromatic rings. The maximum Gasteiger partial charge on any atom is 0.165 e. The van der Waals surface area contributed by atoms with Crippen LogP contribution in [0.25, 0.3) is 22.5 Å². The Kier molecular flexibility index (Phi) is 4.67. The number of hydrogen-bond donors (Lipinski definition) is 1. The van der Waals surface area contributed by atoms with E-state index in [0.717, 1.165) is 22.5 Å². The third kappa shape index (κ3) is 3.31. The standard InChI is InChI=1S/C21H20BrN5O2S/c22-18-19(14-7-10-30(28,29)11-8-14)25-21-17(12-24-27(21)20(18)23)15-6-9-26(13-15)16-4-2-1-3-5-16/h1-6,9,12-14H,7-8,10-11,23H2. The number of sulfone groups is 1. The normalized spacial score (nSPS) is 16.8. The molecule has 0 saturated carbocycles. The molecule has 0 bridgehead atoms. The van der Waals surface area contributed by atoms with Gasteiger partial charge in [-0.15, -0.1) is 0 Å². The van der Waals surface area contributed by atoms with Gasteiger partial charge in [0.15, 0.2) is 5.65 Å². The molecule has 154 valence electrons. The van der Waals surface area contributed by atoms with Gasteiger partial charge in [0.1, 0.15) is 15.7 Å². The molecule has 0 unspecified atom stereocenters. The van der Waals surface area contributed by atoms with Crippen LogP contribution in [0, 0.1) is 0 Å². The Labute approximate surface area is 182 Å². The molecule has 1 aliphatic heterocycles. The van der Waals surface area contributed by atoms with Crippen molar-refractivity contribution in [1.82, 2.24) is 19.2 Å². The van der Waals surface area contributed by atoms with Crippen molar-refractivity contribution in [2.24, 2.45) is 0 Å². The van der Waals surface area contributed by atoms with Crippen LogP contribution < -0.4 is 5.73 Å². The highest BCUT2D eigenvalue weighted by molar-refractivity contribution is 9.10. The molecular formula is C21H20BrN5O2S. The molecule has 2 N–H and O–H groups in total. The molecule has 0 amide bonds. The Morgan fingerprint density at radius 3 is 2.57 bits per heavy atom. The molecular weight excluding hydrogens is 466 g/mol. The smallest absolute Gasteiger partial charge is 0.165 e. The van der Waals surface area contributed by atoms with Crippen molar-refractivity contribution in [3.05, 3.63) is 65.2 Å². The number of nitrogen functional groups attached to an aromatic ring is 1. The summed E-state index contributed by atoms with van der Waals surface area (Å²) in [5, 5.41) is 4.44. The fourth-order valence-corrected chi connectivity index (χ4v) is 6.04. The average Bonchev–Trinajstić information content (AvgIpc) is 3.39. The molecule has 4 heterocycles. The van der Waals surface area contributed by atoms with E-state index in [9.17, 15) is 8.42 Å². The molecule has 0 radical (unpaired) electrons. The third-order valence-corrected chi connectivity index (χ3v) is 8.18. The minimum Gasteiger partial charge on any atom is -0.383 e. The Hall–Kier alpha value is -2.65. The number of rotatable bonds is 3. The molecule has 3 aromatic heterocycles. The summed E-state index contributed by atoms with van der Waals surface area (Å²) in [6.45, 7) is 0. The highest BCUT2D eigenvalue weighted by Gasteiger charge is 2.29. The van der Waals surface area contributed by atoms with E-state index < -0.39 is 9.84 Å². The van der Waals surface area contributed by atoms with Crippen molar-refractivity contribution in [3.8, 4) is 16.8 Å². The van der Waals surface area contributed by atoms with Crippen molar-refractivity contribution in [2.75, 3.05) is 17.2 Å². The first-order valence-corrected chi connectivity index (χ1v) is 12.3. The van der Waals surface area contributed by atoms with Gasteiger partial charge in [0.25, 0.3) is 0 Å². The Balaban J connectivity index is 1.58. The van der Waals surface area contributed by atoms with Crippen LogP contribution in [0.1, 0.15) is 24.5 Å². The molecule has 9 heteroatoms. The summed E-state index contributed by atoms with van der Waals surface area (Å²) in [5.74, 6) is 0.885. The van der Waals surface area contributed by atoms with Crippen LogP contribution in [0.15, 0.2) is 59.5 Å². The Morgan fingerprint density at radius 1 is 1.10 bits per heavy atom. The predicted octanol–water partition coefficient (Wildman–Crippen LogP) is 3.82. The van der Waals surface area contributed by atoms with Gasteiger partial charge < -0.3 is 10.3 Å². The Morgan fingerprint density at radius 2 is 1.83 bits per heavy atom. The minimum atomic E-state index is -2.95. The zero-order valence-electron chi connectivity index (χ0n) is 16.1. The van der Waals surface area contributed by atoms with E-state index in [-0.39, 0.29) is 17.4 Å². The summed E-state index contributed by atoms with van der Waals surface area (Å²) in [7, 11) is -2.95. The second-order valence-electron chi connectivity index (χ2n) is 7.56. The van der Waals surface area contributed by atoms with E-state index in [1.54, 1.807) is 10.7 Å². The summed E-state index contributed by atoms with van der Waals surface area (Å²) in [6, 6.07) is 12.1. The van der Waals surface area contributed by atoms with Gasteiger partial charge in [-0.05, 0) is 47.0 Å². The minimum absolute atomic E-state index is 0.0480. The number of nitrogens with zero attached hydrogens (tertiary/aromatic N) is 4. The molecule has 1 aliphatic rings. The zero-order chi connectivity index (χ0) is 20.9. The monoisotopic (exact) mass is 485 g/mol. The van der Waals surface area contributed by atoms with Crippen molar-refractivity contribution < 1.29 is 8.42 Å². The maximum absolute atomic E-state index is 11.8. The van der Waals surface area contributed by atoms with E-state index in [0.29, 0.717) is 28.8 Å². The van der Waals surface area contributed by atoms with Crippen LogP contribution in [0.3, 0.4) is 0 Å². The lowest BCUT2D eigenvalue weighted by Crippen LogP contribution is -2.23. The molecule has 7 nitrogen and oxygen atoms in total. The van der Waals surface area contributed by atoms with E-state index in [1.807, 2.05) is 53.4 Å². The first-order chi connectivity index (χ1) is 14.4. The zero-order valence-corrected chi connectivity index (χ0v) is 18.5. The highest BCUT2D eigenvalue weighted by Crippen LogP contribution is 2.37. The van der Waals surface area contributed by atoms with E-state index in [2.05, 4.69) is 21.0 Å². The van der Waals surface area contributed by atoms with Crippen molar-refractivity contribution in [3.63, 3.8) is 0 Å². The number of aromatic nitrogens is 4. The van der Waals surface area contributed by atoms with E-state index in [1.165, 1.54) is 0 Å². The summed E-state index contributed by atoms with van der Waals surface area (Å²) >= 11 is 3.56. The van der Waals surface area contributed by atoms with Gasteiger partial charge in [0, 0.05) is 35.1 Å². The molecule has 0 aliphatic carbocycles. The van der Waals surface area contributed by atoms with Crippen molar-refractivity contribution >= 4 is 37.2 Å². The molecule has 30 heavy (non-hydrogen) atoms. The van der Waals surface area contributed by atoms with Gasteiger partial charge in [-0.3, -0.25) is 0 Å². The van der Waals surface area contributed by atoms with Crippen LogP contribution in [0.4, 0.5) is 5.82 Å². The van der Waals surface area contributed by atoms with Gasteiger partial charge in [-0.2, -0.15) is 9.61 Å². The first kappa shape index (κ1) is 19.3. The van der Waals surface area contributed by atoms with Gasteiger partial charge >= 0.3 is 0 Å². The second-order valence-corrected chi connectivity index (χ2v) is 10.7. The average molecular weight is 486 g/mol. The number of fused-ring (bicyclic) bond motifs is 1. The predicted molar refractivity (Wildman–Crippen MR) is 120 cm³/mol. The molecule has 0 atom stereocenters. The number of hydrogen-bond acceptors (Lipinski definition) is 5. The SMILES string of the molecule is Nc1c(Br)c(C2CCS(=O)(=O)CC2)nc2c(-c3ccn(-c4ccccc4)c3)cnn12. The van der Waals surface area contributed by atoms with Gasteiger partial charge in [0.2, 0.25) is 0 Å². The Bertz CT molecular complexity index is 1330. The molecule has 1 saturated heterocycles. The summed E-state index contributed by atoms with van der Waals surface area (Å²) in [5.41, 5.74) is 10.8. The largest absolute Gasteiger partial charge is 0.383 e. The molecule has 1 fully saturated rings. The number of anilines is 1. The lowest BCUT2D eigenvalue weighted by atomic mass is 9.98. The van der Waals surface area contributed by atoms with Crippen LogP contribution in [-0.4, -0.2) is 39.1 Å². The maximum atomic E-state index is 11.8. The number of nitrogens with two attached hydrogens (primary N) is 1. The van der Waals surface area contributed by atoms with Gasteiger partial charge in [-0.1, -0.05) is 18.2 Å². The topological polar surface area (TPSA) is 95.3 Å². The third-order valence-electron chi connectivity index (χ3n) is 5.65. The van der Waals surface area contributed by atoms with Crippen LogP contribution in [-0.2, 0) is 9.84 Å². The van der Waals surface area contributed by atoms with E-state index in [4.69, 9.17) is 10.7 Å². The molecule has 0 spiro atoms. The van der Waals surface area contributed by atoms with Crippen LogP contribution >= 0.6 is 15.9 Å². The van der Waals surface area contributed by atoms with Crippen LogP contribution in [0.5, 0.6) is 0 Å². The number of para-hydroxylation sites is 1. The van der Waals surface area contributed by atoms with Gasteiger partial charge in [-0.25, -0.2) is 13.4 Å². The summed E-state index contributed by atoms with van der Waals surface area (Å²) in [6.07, 6.45) is 6.92. The quantitative estimate of drug-likeness (QED) is 0.475. The summed E-state index contributed by atoms with van der Waals surface area (Å²) < 4.78 is 28.0. The molecule has 1 aromatic carbocycles. The highest BCUT2D eigenvalue weighted by atomic mass is 79.9. The fourth-order valence-electron chi connectivity index (χ4n) is 3.97. The van der Waals surface area contributed by atoms with Gasteiger partial charge in [0.05, 0.1) is 27.9 Å². The molecule has 5 rings (SSSR count). The second kappa shape index (κ2) is 7.24. The van der Waals surface area contributed by atoms with Crippen molar-refractivity contribution in [2.45, 2.75) is 18.8 Å². The first-order valence-electron chi connectivity index (χ1n) is 9.70. The lowest BCUT2D eigenvalue weighted by molar-refractivity contribution is 0.543. The van der Waals surface area contributed by atoms with Crippen LogP contribution in [0.2, 0.25) is 0 Å². The number of halogens is 1.